The van der Waals surface area contributed by atoms with E-state index in [4.69, 9.17) is 4.74 Å². The number of hydrogen-bond acceptors (Lipinski definition) is 8. The molecule has 0 aliphatic carbocycles. The molecule has 1 aliphatic heterocycles. The van der Waals surface area contributed by atoms with Gasteiger partial charge in [-0.2, -0.15) is 26.3 Å². The minimum atomic E-state index is -5.51. The molecular formula is C12H12F6O8. The van der Waals surface area contributed by atoms with Crippen LogP contribution in [-0.4, -0.2) is 68.6 Å². The van der Waals surface area contributed by atoms with Crippen LogP contribution in [0.5, 0.6) is 0 Å². The summed E-state index contributed by atoms with van der Waals surface area (Å²) in [5, 5.41) is 0. The molecule has 0 radical (unpaired) electrons. The second-order valence-electron chi connectivity index (χ2n) is 4.82. The van der Waals surface area contributed by atoms with Gasteiger partial charge in [-0.3, -0.25) is 4.79 Å². The highest BCUT2D eigenvalue weighted by Gasteiger charge is 2.54. The molecule has 0 N–H and O–H groups in total. The van der Waals surface area contributed by atoms with E-state index < -0.39 is 61.5 Å². The monoisotopic (exact) mass is 398 g/mol. The standard InChI is InChI=1S/C12H12F6O8/c1-4(19)24-5-3-23-8(22-2)7(26-10(21)12(16,17)18)6(5)25-9(20)11(13,14)15/h5-8H,3H2,1-2H3/t5-,6+,7-,8-/m1/s1. The van der Waals surface area contributed by atoms with Gasteiger partial charge >= 0.3 is 30.3 Å². The average molecular weight is 398 g/mol. The lowest BCUT2D eigenvalue weighted by Gasteiger charge is -2.39. The van der Waals surface area contributed by atoms with Crippen LogP contribution in [0, 0.1) is 0 Å². The Labute approximate surface area is 141 Å². The first-order valence-corrected chi connectivity index (χ1v) is 6.64. The summed E-state index contributed by atoms with van der Waals surface area (Å²) in [6, 6.07) is 0. The summed E-state index contributed by atoms with van der Waals surface area (Å²) in [5.41, 5.74) is 0. The van der Waals surface area contributed by atoms with Crippen LogP contribution in [0.1, 0.15) is 6.92 Å². The molecule has 26 heavy (non-hydrogen) atoms. The van der Waals surface area contributed by atoms with E-state index in [1.54, 1.807) is 0 Å². The number of carbonyl (C=O) groups is 3. The normalized spacial score (nSPS) is 26.8. The predicted octanol–water partition coefficient (Wildman–Crippen LogP) is 0.869. The largest absolute Gasteiger partial charge is 0.490 e. The third-order valence-electron chi connectivity index (χ3n) is 2.88. The van der Waals surface area contributed by atoms with Gasteiger partial charge in [-0.15, -0.1) is 0 Å². The van der Waals surface area contributed by atoms with Crippen LogP contribution in [0.15, 0.2) is 0 Å². The van der Waals surface area contributed by atoms with Crippen molar-refractivity contribution < 1.29 is 64.4 Å². The maximum Gasteiger partial charge on any atom is 0.490 e. The van der Waals surface area contributed by atoms with Crippen LogP contribution >= 0.6 is 0 Å². The Morgan fingerprint density at radius 1 is 0.885 bits per heavy atom. The Morgan fingerprint density at radius 2 is 1.35 bits per heavy atom. The summed E-state index contributed by atoms with van der Waals surface area (Å²) in [6.45, 7) is 0.135. The Bertz CT molecular complexity index is 545. The fourth-order valence-corrected chi connectivity index (χ4v) is 1.91. The van der Waals surface area contributed by atoms with Gasteiger partial charge in [0.2, 0.25) is 0 Å². The van der Waals surface area contributed by atoms with Gasteiger partial charge in [0.25, 0.3) is 0 Å². The molecule has 0 unspecified atom stereocenters. The molecule has 150 valence electrons. The lowest BCUT2D eigenvalue weighted by Crippen LogP contribution is -2.59. The first-order chi connectivity index (χ1) is 11.8. The Morgan fingerprint density at radius 3 is 1.73 bits per heavy atom. The number of ether oxygens (including phenoxy) is 5. The summed E-state index contributed by atoms with van der Waals surface area (Å²) in [5.74, 6) is -6.67. The highest BCUT2D eigenvalue weighted by molar-refractivity contribution is 5.77. The number of halogens is 6. The van der Waals surface area contributed by atoms with E-state index in [1.807, 2.05) is 0 Å². The molecule has 4 atom stereocenters. The molecule has 1 aliphatic rings. The highest BCUT2D eigenvalue weighted by Crippen LogP contribution is 2.29. The van der Waals surface area contributed by atoms with Gasteiger partial charge in [-0.05, 0) is 0 Å². The van der Waals surface area contributed by atoms with Gasteiger partial charge in [0.15, 0.2) is 24.6 Å². The summed E-state index contributed by atoms with van der Waals surface area (Å²) in [7, 11) is 0.883. The van der Waals surface area contributed by atoms with Gasteiger partial charge in [0.05, 0.1) is 6.61 Å². The molecule has 0 aromatic heterocycles. The van der Waals surface area contributed by atoms with Crippen molar-refractivity contribution in [3.8, 4) is 0 Å². The zero-order valence-corrected chi connectivity index (χ0v) is 13.1. The van der Waals surface area contributed by atoms with Crippen molar-refractivity contribution in [1.29, 1.82) is 0 Å². The molecule has 8 nitrogen and oxygen atoms in total. The maximum atomic E-state index is 12.4. The summed E-state index contributed by atoms with van der Waals surface area (Å²) in [4.78, 5) is 33.1. The van der Waals surface area contributed by atoms with E-state index >= 15 is 0 Å². The molecule has 1 saturated heterocycles. The molecular weight excluding hydrogens is 386 g/mol. The van der Waals surface area contributed by atoms with Crippen molar-refractivity contribution in [3.05, 3.63) is 0 Å². The van der Waals surface area contributed by atoms with E-state index in [-0.39, 0.29) is 0 Å². The van der Waals surface area contributed by atoms with E-state index in [0.29, 0.717) is 0 Å². The Hall–Kier alpha value is -2.09. The number of hydrogen-bond donors (Lipinski definition) is 0. The van der Waals surface area contributed by atoms with Crippen LogP contribution in [0.3, 0.4) is 0 Å². The van der Waals surface area contributed by atoms with E-state index in [2.05, 4.69) is 18.9 Å². The lowest BCUT2D eigenvalue weighted by molar-refractivity contribution is -0.290. The van der Waals surface area contributed by atoms with Crippen LogP contribution in [0.2, 0.25) is 0 Å². The lowest BCUT2D eigenvalue weighted by atomic mass is 10.0. The number of rotatable bonds is 4. The van der Waals surface area contributed by atoms with Gasteiger partial charge in [0.1, 0.15) is 0 Å². The van der Waals surface area contributed by atoms with E-state index in [1.165, 1.54) is 0 Å². The molecule has 0 amide bonds. The number of carbonyl (C=O) groups excluding carboxylic acids is 3. The van der Waals surface area contributed by atoms with Crippen LogP contribution in [-0.2, 0) is 38.1 Å². The molecule has 0 aromatic carbocycles. The van der Waals surface area contributed by atoms with Crippen molar-refractivity contribution in [2.45, 2.75) is 43.9 Å². The van der Waals surface area contributed by atoms with Crippen molar-refractivity contribution in [2.75, 3.05) is 13.7 Å². The zero-order valence-electron chi connectivity index (χ0n) is 13.1. The molecule has 1 rings (SSSR count). The number of methoxy groups -OCH3 is 1. The molecule has 14 heteroatoms. The fraction of sp³-hybridized carbons (Fsp3) is 0.750. The molecule has 0 bridgehead atoms. The molecule has 1 heterocycles. The first kappa shape index (κ1) is 22.0. The van der Waals surface area contributed by atoms with Crippen LogP contribution in [0.25, 0.3) is 0 Å². The van der Waals surface area contributed by atoms with Crippen molar-refractivity contribution in [1.82, 2.24) is 0 Å². The highest BCUT2D eigenvalue weighted by atomic mass is 19.4. The first-order valence-electron chi connectivity index (χ1n) is 6.64. The molecule has 0 saturated carbocycles. The average Bonchev–Trinajstić information content (AvgIpc) is 2.47. The number of alkyl halides is 6. The van der Waals surface area contributed by atoms with Crippen molar-refractivity contribution >= 4 is 17.9 Å². The van der Waals surface area contributed by atoms with Crippen LogP contribution in [0.4, 0.5) is 26.3 Å². The van der Waals surface area contributed by atoms with E-state index in [9.17, 15) is 40.7 Å². The molecule has 0 aromatic rings. The predicted molar refractivity (Wildman–Crippen MR) is 64.2 cm³/mol. The third-order valence-corrected chi connectivity index (χ3v) is 2.88. The van der Waals surface area contributed by atoms with Crippen molar-refractivity contribution in [3.63, 3.8) is 0 Å². The summed E-state index contributed by atoms with van der Waals surface area (Å²) in [6.07, 6.45) is -19.2. The fourth-order valence-electron chi connectivity index (χ4n) is 1.91. The zero-order chi connectivity index (χ0) is 20.3. The van der Waals surface area contributed by atoms with Crippen LogP contribution < -0.4 is 0 Å². The molecule has 1 fully saturated rings. The Kier molecular flexibility index (Phi) is 6.82. The SMILES string of the molecule is CO[C@@H]1OC[C@@H](OC(C)=O)[C@H](OC(=O)C(F)(F)F)[C@H]1OC(=O)C(F)(F)F. The minimum absolute atomic E-state index is 0.700. The minimum Gasteiger partial charge on any atom is -0.456 e. The van der Waals surface area contributed by atoms with Gasteiger partial charge in [0, 0.05) is 14.0 Å². The van der Waals surface area contributed by atoms with Gasteiger partial charge in [-0.25, -0.2) is 9.59 Å². The second-order valence-corrected chi connectivity index (χ2v) is 4.82. The Balaban J connectivity index is 3.17. The maximum absolute atomic E-state index is 12.4. The smallest absolute Gasteiger partial charge is 0.456 e. The van der Waals surface area contributed by atoms with Gasteiger partial charge < -0.3 is 23.7 Å². The van der Waals surface area contributed by atoms with Crippen molar-refractivity contribution in [2.24, 2.45) is 0 Å². The quantitative estimate of drug-likeness (QED) is 0.391. The van der Waals surface area contributed by atoms with Gasteiger partial charge in [-0.1, -0.05) is 0 Å². The number of esters is 3. The molecule has 0 spiro atoms. The summed E-state index contributed by atoms with van der Waals surface area (Å²) >= 11 is 0. The summed E-state index contributed by atoms with van der Waals surface area (Å²) < 4.78 is 96.6. The topological polar surface area (TPSA) is 97.4 Å². The van der Waals surface area contributed by atoms with E-state index in [0.717, 1.165) is 14.0 Å². The third kappa shape index (κ3) is 5.72. The second kappa shape index (κ2) is 8.07.